The first-order valence-electron chi connectivity index (χ1n) is 5.43. The van der Waals surface area contributed by atoms with Crippen LogP contribution in [0.2, 0.25) is 5.02 Å². The van der Waals surface area contributed by atoms with E-state index in [0.29, 0.717) is 19.9 Å². The molecule has 0 spiro atoms. The summed E-state index contributed by atoms with van der Waals surface area (Å²) in [7, 11) is 0. The summed E-state index contributed by atoms with van der Waals surface area (Å²) in [6.07, 6.45) is 1.69. The van der Waals surface area contributed by atoms with E-state index in [9.17, 15) is 4.79 Å². The maximum absolute atomic E-state index is 11.6. The van der Waals surface area contributed by atoms with Gasteiger partial charge in [-0.25, -0.2) is 4.98 Å². The van der Waals surface area contributed by atoms with Crippen LogP contribution in [0.4, 0.5) is 0 Å². The van der Waals surface area contributed by atoms with Crippen molar-refractivity contribution in [2.24, 2.45) is 0 Å². The Hall–Kier alpha value is -1.43. The van der Waals surface area contributed by atoms with E-state index in [2.05, 4.69) is 10.3 Å². The molecule has 1 aliphatic heterocycles. The average Bonchev–Trinajstić information content (AvgIpc) is 2.68. The lowest BCUT2D eigenvalue weighted by molar-refractivity contribution is -0.115. The molecule has 0 bridgehead atoms. The van der Waals surface area contributed by atoms with Gasteiger partial charge in [-0.05, 0) is 18.2 Å². The molecule has 1 aromatic heterocycles. The molecule has 1 fully saturated rings. The average molecular weight is 307 g/mol. The van der Waals surface area contributed by atoms with Crippen molar-refractivity contribution < 1.29 is 4.79 Å². The number of nitrogens with zero attached hydrogens (tertiary/aromatic N) is 1. The van der Waals surface area contributed by atoms with Crippen LogP contribution in [0.15, 0.2) is 35.2 Å². The number of thiocarbonyl (C=S) groups is 1. The molecule has 19 heavy (non-hydrogen) atoms. The molecule has 2 heterocycles. The highest BCUT2D eigenvalue weighted by atomic mass is 35.5. The molecule has 0 unspecified atom stereocenters. The SMILES string of the molecule is O=C1NC(=S)S/C1=C\c1cc(Cl)c2ccccc2n1. The number of carbonyl (C=O) groups excluding carboxylic acids is 1. The molecular formula is C13H7ClN2OS2. The van der Waals surface area contributed by atoms with Gasteiger partial charge in [-0.2, -0.15) is 0 Å². The number of hydrogen-bond acceptors (Lipinski definition) is 4. The van der Waals surface area contributed by atoms with Gasteiger partial charge in [0.15, 0.2) is 0 Å². The van der Waals surface area contributed by atoms with Crippen molar-refractivity contribution in [1.29, 1.82) is 0 Å². The minimum absolute atomic E-state index is 0.193. The highest BCUT2D eigenvalue weighted by Gasteiger charge is 2.22. The molecule has 0 saturated carbocycles. The number of fused-ring (bicyclic) bond motifs is 1. The fourth-order valence-electron chi connectivity index (χ4n) is 1.78. The molecule has 94 valence electrons. The molecule has 1 N–H and O–H groups in total. The van der Waals surface area contributed by atoms with Gasteiger partial charge < -0.3 is 5.32 Å². The molecule has 2 aromatic rings. The van der Waals surface area contributed by atoms with E-state index >= 15 is 0 Å². The Balaban J connectivity index is 2.09. The summed E-state index contributed by atoms with van der Waals surface area (Å²) >= 11 is 12.4. The van der Waals surface area contributed by atoms with Gasteiger partial charge in [-0.3, -0.25) is 4.79 Å². The second-order valence-corrected chi connectivity index (χ2v) is 6.02. The van der Waals surface area contributed by atoms with Crippen LogP contribution in [0.3, 0.4) is 0 Å². The molecule has 0 radical (unpaired) electrons. The van der Waals surface area contributed by atoms with Gasteiger partial charge in [0, 0.05) is 5.39 Å². The minimum atomic E-state index is -0.193. The van der Waals surface area contributed by atoms with Crippen molar-refractivity contribution in [2.45, 2.75) is 0 Å². The van der Waals surface area contributed by atoms with E-state index < -0.39 is 0 Å². The van der Waals surface area contributed by atoms with E-state index in [1.54, 1.807) is 12.1 Å². The predicted molar refractivity (Wildman–Crippen MR) is 83.1 cm³/mol. The third-order valence-electron chi connectivity index (χ3n) is 2.61. The summed E-state index contributed by atoms with van der Waals surface area (Å²) in [6.45, 7) is 0. The molecule has 1 amide bonds. The largest absolute Gasteiger partial charge is 0.307 e. The van der Waals surface area contributed by atoms with Crippen LogP contribution in [0, 0.1) is 0 Å². The Morgan fingerprint density at radius 2 is 2.16 bits per heavy atom. The van der Waals surface area contributed by atoms with Crippen LogP contribution in [0.5, 0.6) is 0 Å². The Morgan fingerprint density at radius 3 is 2.89 bits per heavy atom. The number of benzene rings is 1. The van der Waals surface area contributed by atoms with Crippen molar-refractivity contribution in [2.75, 3.05) is 0 Å². The number of aromatic nitrogens is 1. The second kappa shape index (κ2) is 4.92. The smallest absolute Gasteiger partial charge is 0.263 e. The molecule has 6 heteroatoms. The number of amides is 1. The van der Waals surface area contributed by atoms with Crippen LogP contribution in [-0.2, 0) is 4.79 Å². The number of thioether (sulfide) groups is 1. The van der Waals surface area contributed by atoms with E-state index in [1.165, 1.54) is 11.8 Å². The second-order valence-electron chi connectivity index (χ2n) is 3.90. The van der Waals surface area contributed by atoms with Crippen molar-refractivity contribution in [3.63, 3.8) is 0 Å². The third kappa shape index (κ3) is 2.49. The van der Waals surface area contributed by atoms with Crippen LogP contribution in [0.1, 0.15) is 5.69 Å². The first kappa shape index (κ1) is 12.6. The summed E-state index contributed by atoms with van der Waals surface area (Å²) in [5.74, 6) is -0.193. The van der Waals surface area contributed by atoms with Crippen molar-refractivity contribution in [3.05, 3.63) is 46.0 Å². The lowest BCUT2D eigenvalue weighted by Gasteiger charge is -2.02. The Bertz CT molecular complexity index is 743. The standard InChI is InChI=1S/C13H7ClN2OS2/c14-9-5-7(6-11-12(17)16-13(18)19-11)15-10-4-2-1-3-8(9)10/h1-6H,(H,16,17,18)/b11-6-. The lowest BCUT2D eigenvalue weighted by atomic mass is 10.2. The lowest BCUT2D eigenvalue weighted by Crippen LogP contribution is -2.17. The van der Waals surface area contributed by atoms with Crippen molar-refractivity contribution in [3.8, 4) is 0 Å². The number of para-hydroxylation sites is 1. The van der Waals surface area contributed by atoms with Crippen molar-refractivity contribution in [1.82, 2.24) is 10.3 Å². The van der Waals surface area contributed by atoms with Crippen LogP contribution in [-0.4, -0.2) is 15.2 Å². The van der Waals surface area contributed by atoms with Crippen LogP contribution in [0.25, 0.3) is 17.0 Å². The maximum Gasteiger partial charge on any atom is 0.263 e. The van der Waals surface area contributed by atoms with Gasteiger partial charge in [0.05, 0.1) is 21.1 Å². The number of rotatable bonds is 1. The fraction of sp³-hybridized carbons (Fsp3) is 0. The summed E-state index contributed by atoms with van der Waals surface area (Å²) in [6, 6.07) is 9.34. The molecular weight excluding hydrogens is 300 g/mol. The monoisotopic (exact) mass is 306 g/mol. The number of nitrogens with one attached hydrogen (secondary N) is 1. The molecule has 3 rings (SSSR count). The van der Waals surface area contributed by atoms with Gasteiger partial charge in [0.1, 0.15) is 4.32 Å². The quantitative estimate of drug-likeness (QED) is 0.648. The van der Waals surface area contributed by atoms with Gasteiger partial charge in [-0.1, -0.05) is 53.8 Å². The van der Waals surface area contributed by atoms with E-state index in [1.807, 2.05) is 24.3 Å². The molecule has 1 saturated heterocycles. The Labute approximate surface area is 124 Å². The summed E-state index contributed by atoms with van der Waals surface area (Å²) in [5.41, 5.74) is 1.44. The number of pyridine rings is 1. The number of carbonyl (C=O) groups is 1. The van der Waals surface area contributed by atoms with Gasteiger partial charge in [-0.15, -0.1) is 0 Å². The van der Waals surface area contributed by atoms with Crippen LogP contribution < -0.4 is 5.32 Å². The number of halogens is 1. The summed E-state index contributed by atoms with van der Waals surface area (Å²) in [4.78, 5) is 16.6. The predicted octanol–water partition coefficient (Wildman–Crippen LogP) is 3.38. The highest BCUT2D eigenvalue weighted by molar-refractivity contribution is 8.26. The number of hydrogen-bond donors (Lipinski definition) is 1. The van der Waals surface area contributed by atoms with E-state index in [-0.39, 0.29) is 5.91 Å². The highest BCUT2D eigenvalue weighted by Crippen LogP contribution is 2.28. The zero-order chi connectivity index (χ0) is 13.4. The first-order valence-corrected chi connectivity index (χ1v) is 7.04. The third-order valence-corrected chi connectivity index (χ3v) is 4.08. The van der Waals surface area contributed by atoms with E-state index in [0.717, 1.165) is 10.9 Å². The molecule has 0 aliphatic carbocycles. The van der Waals surface area contributed by atoms with Gasteiger partial charge >= 0.3 is 0 Å². The zero-order valence-electron chi connectivity index (χ0n) is 9.51. The Kier molecular flexibility index (Phi) is 3.26. The summed E-state index contributed by atoms with van der Waals surface area (Å²) in [5, 5.41) is 4.07. The summed E-state index contributed by atoms with van der Waals surface area (Å²) < 4.78 is 0.461. The molecule has 1 aliphatic rings. The van der Waals surface area contributed by atoms with Crippen molar-refractivity contribution >= 4 is 62.8 Å². The van der Waals surface area contributed by atoms with Crippen LogP contribution >= 0.6 is 35.6 Å². The van der Waals surface area contributed by atoms with Gasteiger partial charge in [0.2, 0.25) is 0 Å². The normalized spacial score (nSPS) is 17.2. The van der Waals surface area contributed by atoms with Gasteiger partial charge in [0.25, 0.3) is 5.91 Å². The maximum atomic E-state index is 11.6. The van der Waals surface area contributed by atoms with E-state index in [4.69, 9.17) is 23.8 Å². The Morgan fingerprint density at radius 1 is 1.37 bits per heavy atom. The first-order chi connectivity index (χ1) is 9.13. The molecule has 3 nitrogen and oxygen atoms in total. The minimum Gasteiger partial charge on any atom is -0.307 e. The fourth-order valence-corrected chi connectivity index (χ4v) is 3.08. The topological polar surface area (TPSA) is 42.0 Å². The molecule has 1 aromatic carbocycles. The zero-order valence-corrected chi connectivity index (χ0v) is 11.9. The molecule has 0 atom stereocenters.